The van der Waals surface area contributed by atoms with Crippen LogP contribution in [-0.4, -0.2) is 20.1 Å². The minimum absolute atomic E-state index is 0.151. The molecule has 0 aliphatic heterocycles. The number of ether oxygens (including phenoxy) is 2. The Hall–Kier alpha value is -3.01. The monoisotopic (exact) mass is 391 g/mol. The molecule has 0 fully saturated rings. The van der Waals surface area contributed by atoms with Crippen molar-refractivity contribution in [2.45, 2.75) is 39.7 Å². The summed E-state index contributed by atoms with van der Waals surface area (Å²) in [4.78, 5) is 13.1. The van der Waals surface area contributed by atoms with Crippen LogP contribution >= 0.6 is 0 Å². The van der Waals surface area contributed by atoms with Crippen molar-refractivity contribution in [2.24, 2.45) is 0 Å². The molecule has 3 rings (SSSR count). The molecule has 3 aromatic rings. The number of fused-ring (bicyclic) bond motifs is 1. The lowest BCUT2D eigenvalue weighted by molar-refractivity contribution is 0.0937. The van der Waals surface area contributed by atoms with Gasteiger partial charge in [-0.2, -0.15) is 0 Å². The molecule has 0 saturated heterocycles. The maximum Gasteiger partial charge on any atom is 0.255 e. The Morgan fingerprint density at radius 1 is 0.862 bits per heavy atom. The first-order valence-corrected chi connectivity index (χ1v) is 9.91. The Labute approximate surface area is 172 Å². The van der Waals surface area contributed by atoms with Crippen LogP contribution in [0.5, 0.6) is 11.5 Å². The zero-order valence-electron chi connectivity index (χ0n) is 18.0. The number of rotatable bonds is 6. The van der Waals surface area contributed by atoms with Crippen molar-refractivity contribution in [1.29, 1.82) is 0 Å². The summed E-state index contributed by atoms with van der Waals surface area (Å²) in [5, 5.41) is 5.19. The first-order valence-electron chi connectivity index (χ1n) is 9.91. The minimum atomic E-state index is -0.151. The second-order valence-electron chi connectivity index (χ2n) is 7.70. The Balaban J connectivity index is 1.93. The van der Waals surface area contributed by atoms with Gasteiger partial charge in [0.05, 0.1) is 25.8 Å². The number of hydrogen-bond acceptors (Lipinski definition) is 3. The molecular formula is C25H29NO3. The molecule has 4 nitrogen and oxygen atoms in total. The fourth-order valence-corrected chi connectivity index (χ4v) is 3.73. The van der Waals surface area contributed by atoms with Crippen LogP contribution in [0.15, 0.2) is 48.5 Å². The van der Waals surface area contributed by atoms with E-state index >= 15 is 0 Å². The standard InChI is InChI=1S/C25H29NO3/c1-15(2)20-14-21(16(3)11-23(20)28-5)17(4)26-25(27)22-12-18-9-7-8-10-19(18)13-24(22)29-6/h7-15,17H,1-6H3,(H,26,27). The van der Waals surface area contributed by atoms with E-state index in [0.717, 1.165) is 33.2 Å². The molecule has 0 aliphatic carbocycles. The normalized spacial score (nSPS) is 12.1. The molecule has 29 heavy (non-hydrogen) atoms. The smallest absolute Gasteiger partial charge is 0.255 e. The van der Waals surface area contributed by atoms with E-state index in [1.807, 2.05) is 56.3 Å². The van der Waals surface area contributed by atoms with Crippen molar-refractivity contribution in [3.8, 4) is 11.5 Å². The fraction of sp³-hybridized carbons (Fsp3) is 0.320. The van der Waals surface area contributed by atoms with Crippen molar-refractivity contribution in [2.75, 3.05) is 14.2 Å². The van der Waals surface area contributed by atoms with Crippen LogP contribution in [0.25, 0.3) is 10.8 Å². The van der Waals surface area contributed by atoms with Crippen molar-refractivity contribution < 1.29 is 14.3 Å². The topological polar surface area (TPSA) is 47.6 Å². The molecule has 4 heteroatoms. The third kappa shape index (κ3) is 4.21. The summed E-state index contributed by atoms with van der Waals surface area (Å²) in [5.74, 6) is 1.63. The van der Waals surface area contributed by atoms with E-state index in [1.165, 1.54) is 0 Å². The van der Waals surface area contributed by atoms with Crippen molar-refractivity contribution in [3.05, 3.63) is 70.8 Å². The lowest BCUT2D eigenvalue weighted by Gasteiger charge is -2.21. The van der Waals surface area contributed by atoms with Gasteiger partial charge in [0.2, 0.25) is 0 Å². The second kappa shape index (κ2) is 8.56. The molecule has 1 N–H and O–H groups in total. The summed E-state index contributed by atoms with van der Waals surface area (Å²) in [5.41, 5.74) is 3.85. The summed E-state index contributed by atoms with van der Waals surface area (Å²) >= 11 is 0. The zero-order valence-corrected chi connectivity index (χ0v) is 18.0. The molecule has 152 valence electrons. The highest BCUT2D eigenvalue weighted by molar-refractivity contribution is 6.01. The van der Waals surface area contributed by atoms with Crippen molar-refractivity contribution >= 4 is 16.7 Å². The van der Waals surface area contributed by atoms with Crippen LogP contribution in [-0.2, 0) is 0 Å². The Morgan fingerprint density at radius 2 is 1.48 bits per heavy atom. The molecule has 0 radical (unpaired) electrons. The van der Waals surface area contributed by atoms with Gasteiger partial charge in [-0.05, 0) is 71.5 Å². The number of amides is 1. The van der Waals surface area contributed by atoms with Crippen LogP contribution in [0.4, 0.5) is 0 Å². The quantitative estimate of drug-likeness (QED) is 0.579. The average molecular weight is 392 g/mol. The first-order chi connectivity index (χ1) is 13.8. The first kappa shape index (κ1) is 20.7. The second-order valence-corrected chi connectivity index (χ2v) is 7.70. The van der Waals surface area contributed by atoms with Gasteiger partial charge in [-0.1, -0.05) is 38.1 Å². The van der Waals surface area contributed by atoms with Gasteiger partial charge >= 0.3 is 0 Å². The third-order valence-corrected chi connectivity index (χ3v) is 5.37. The van der Waals surface area contributed by atoms with Gasteiger partial charge in [0.1, 0.15) is 11.5 Å². The molecular weight excluding hydrogens is 362 g/mol. The lowest BCUT2D eigenvalue weighted by atomic mass is 9.93. The van der Waals surface area contributed by atoms with E-state index in [-0.39, 0.29) is 11.9 Å². The van der Waals surface area contributed by atoms with E-state index in [1.54, 1.807) is 14.2 Å². The molecule has 3 aromatic carbocycles. The predicted molar refractivity (Wildman–Crippen MR) is 118 cm³/mol. The predicted octanol–water partition coefficient (Wildman–Crippen LogP) is 5.78. The molecule has 1 atom stereocenters. The third-order valence-electron chi connectivity index (χ3n) is 5.37. The molecule has 0 aliphatic rings. The van der Waals surface area contributed by atoms with Crippen LogP contribution < -0.4 is 14.8 Å². The molecule has 0 saturated carbocycles. The Morgan fingerprint density at radius 3 is 2.07 bits per heavy atom. The molecule has 1 unspecified atom stereocenters. The minimum Gasteiger partial charge on any atom is -0.496 e. The van der Waals surface area contributed by atoms with Crippen molar-refractivity contribution in [1.82, 2.24) is 5.32 Å². The van der Waals surface area contributed by atoms with Crippen LogP contribution in [0, 0.1) is 6.92 Å². The van der Waals surface area contributed by atoms with E-state index in [2.05, 4.69) is 25.2 Å². The summed E-state index contributed by atoms with van der Waals surface area (Å²) in [6.45, 7) is 8.33. The van der Waals surface area contributed by atoms with Crippen LogP contribution in [0.3, 0.4) is 0 Å². The average Bonchev–Trinajstić information content (AvgIpc) is 2.71. The number of carbonyl (C=O) groups excluding carboxylic acids is 1. The number of hydrogen-bond donors (Lipinski definition) is 1. The zero-order chi connectivity index (χ0) is 21.1. The molecule has 0 spiro atoms. The number of methoxy groups -OCH3 is 2. The van der Waals surface area contributed by atoms with Gasteiger partial charge in [0.25, 0.3) is 5.91 Å². The number of carbonyl (C=O) groups is 1. The summed E-state index contributed by atoms with van der Waals surface area (Å²) < 4.78 is 11.0. The summed E-state index contributed by atoms with van der Waals surface area (Å²) in [6.07, 6.45) is 0. The largest absolute Gasteiger partial charge is 0.496 e. The number of aryl methyl sites for hydroxylation is 1. The lowest BCUT2D eigenvalue weighted by Crippen LogP contribution is -2.27. The van der Waals surface area contributed by atoms with E-state index < -0.39 is 0 Å². The highest BCUT2D eigenvalue weighted by Gasteiger charge is 2.20. The van der Waals surface area contributed by atoms with Gasteiger partial charge in [-0.3, -0.25) is 4.79 Å². The SMILES string of the molecule is COc1cc2ccccc2cc1C(=O)NC(C)c1cc(C(C)C)c(OC)cc1C. The van der Waals surface area contributed by atoms with Gasteiger partial charge in [-0.15, -0.1) is 0 Å². The Bertz CT molecular complexity index is 1040. The van der Waals surface area contributed by atoms with Gasteiger partial charge < -0.3 is 14.8 Å². The Kier molecular flexibility index (Phi) is 6.12. The molecule has 0 aromatic heterocycles. The maximum atomic E-state index is 13.1. The summed E-state index contributed by atoms with van der Waals surface area (Å²) in [6, 6.07) is 15.8. The van der Waals surface area contributed by atoms with Gasteiger partial charge in [0.15, 0.2) is 0 Å². The highest BCUT2D eigenvalue weighted by atomic mass is 16.5. The maximum absolute atomic E-state index is 13.1. The number of nitrogens with one attached hydrogen (secondary N) is 1. The van der Waals surface area contributed by atoms with Crippen LogP contribution in [0.1, 0.15) is 59.8 Å². The number of benzene rings is 3. The van der Waals surface area contributed by atoms with E-state index in [0.29, 0.717) is 17.2 Å². The van der Waals surface area contributed by atoms with Crippen LogP contribution in [0.2, 0.25) is 0 Å². The van der Waals surface area contributed by atoms with E-state index in [4.69, 9.17) is 9.47 Å². The van der Waals surface area contributed by atoms with Gasteiger partial charge in [0, 0.05) is 0 Å². The summed E-state index contributed by atoms with van der Waals surface area (Å²) in [7, 11) is 3.28. The highest BCUT2D eigenvalue weighted by Crippen LogP contribution is 2.32. The molecule has 0 bridgehead atoms. The van der Waals surface area contributed by atoms with Crippen molar-refractivity contribution in [3.63, 3.8) is 0 Å². The van der Waals surface area contributed by atoms with E-state index in [9.17, 15) is 4.79 Å². The fourth-order valence-electron chi connectivity index (χ4n) is 3.73. The van der Waals surface area contributed by atoms with Gasteiger partial charge in [-0.25, -0.2) is 0 Å². The molecule has 0 heterocycles. The molecule has 1 amide bonds.